The first kappa shape index (κ1) is 19.9. The van der Waals surface area contributed by atoms with Crippen LogP contribution in [-0.4, -0.2) is 23.6 Å². The molecule has 8 heteroatoms. The molecule has 0 aliphatic carbocycles. The molecule has 0 spiro atoms. The summed E-state index contributed by atoms with van der Waals surface area (Å²) in [4.78, 5) is 29.3. The summed E-state index contributed by atoms with van der Waals surface area (Å²) in [6, 6.07) is 9.07. The van der Waals surface area contributed by atoms with E-state index in [0.717, 1.165) is 22.4 Å². The highest BCUT2D eigenvalue weighted by Gasteiger charge is 2.17. The number of hydrogen-bond donors (Lipinski definition) is 2. The largest absolute Gasteiger partial charge is 0.454 e. The highest BCUT2D eigenvalue weighted by molar-refractivity contribution is 7.14. The number of carbonyl (C=O) groups excluding carboxylic acids is 2. The van der Waals surface area contributed by atoms with Crippen LogP contribution in [0.5, 0.6) is 11.5 Å². The maximum Gasteiger partial charge on any atom is 0.257 e. The van der Waals surface area contributed by atoms with E-state index in [2.05, 4.69) is 15.6 Å². The number of thiazole rings is 1. The lowest BCUT2D eigenvalue weighted by atomic mass is 10.0. The summed E-state index contributed by atoms with van der Waals surface area (Å²) in [5.74, 6) is 0.711. The number of fused-ring (bicyclic) bond motifs is 1. The van der Waals surface area contributed by atoms with E-state index in [1.807, 2.05) is 32.9 Å². The SMILES string of the molecule is Cc1cc(C)c(NC(=O)Cc2csc(NC(=O)c3ccc4c(c3)OCO4)n2)c(C)c1. The van der Waals surface area contributed by atoms with Gasteiger partial charge >= 0.3 is 0 Å². The first-order chi connectivity index (χ1) is 14.4. The molecule has 7 nitrogen and oxygen atoms in total. The van der Waals surface area contributed by atoms with Crippen molar-refractivity contribution in [2.45, 2.75) is 27.2 Å². The minimum Gasteiger partial charge on any atom is -0.454 e. The fourth-order valence-corrected chi connectivity index (χ4v) is 4.08. The summed E-state index contributed by atoms with van der Waals surface area (Å²) in [5.41, 5.74) is 5.08. The van der Waals surface area contributed by atoms with Gasteiger partial charge in [-0.3, -0.25) is 14.9 Å². The van der Waals surface area contributed by atoms with Crippen LogP contribution in [-0.2, 0) is 11.2 Å². The molecule has 0 fully saturated rings. The number of hydrogen-bond acceptors (Lipinski definition) is 6. The van der Waals surface area contributed by atoms with E-state index < -0.39 is 0 Å². The molecule has 0 unspecified atom stereocenters. The molecule has 2 amide bonds. The molecule has 2 aromatic carbocycles. The van der Waals surface area contributed by atoms with Crippen molar-refractivity contribution in [1.82, 2.24) is 4.98 Å². The molecule has 0 saturated heterocycles. The van der Waals surface area contributed by atoms with E-state index in [1.165, 1.54) is 11.3 Å². The van der Waals surface area contributed by atoms with Crippen LogP contribution < -0.4 is 20.1 Å². The van der Waals surface area contributed by atoms with Gasteiger partial charge < -0.3 is 14.8 Å². The molecule has 1 aromatic heterocycles. The standard InChI is InChI=1S/C22H21N3O4S/c1-12-6-13(2)20(14(3)7-12)24-19(26)9-16-10-30-22(23-16)25-21(27)15-4-5-17-18(8-15)29-11-28-17/h4-8,10H,9,11H2,1-3H3,(H,24,26)(H,23,25,27). The second-order valence-corrected chi connectivity index (χ2v) is 8.02. The van der Waals surface area contributed by atoms with E-state index in [-0.39, 0.29) is 25.0 Å². The zero-order chi connectivity index (χ0) is 21.3. The van der Waals surface area contributed by atoms with Crippen LogP contribution in [0.2, 0.25) is 0 Å². The first-order valence-corrected chi connectivity index (χ1v) is 10.3. The van der Waals surface area contributed by atoms with Crippen LogP contribution >= 0.6 is 11.3 Å². The fraction of sp³-hybridized carbons (Fsp3) is 0.227. The number of rotatable bonds is 5. The second-order valence-electron chi connectivity index (χ2n) is 7.16. The second kappa shape index (κ2) is 8.16. The summed E-state index contributed by atoms with van der Waals surface area (Å²) >= 11 is 1.28. The Morgan fingerprint density at radius 1 is 1.03 bits per heavy atom. The molecule has 4 rings (SSSR count). The van der Waals surface area contributed by atoms with Gasteiger partial charge in [0.25, 0.3) is 5.91 Å². The van der Waals surface area contributed by atoms with Crippen LogP contribution in [0, 0.1) is 20.8 Å². The Morgan fingerprint density at radius 2 is 1.77 bits per heavy atom. The van der Waals surface area contributed by atoms with Crippen molar-refractivity contribution in [3.63, 3.8) is 0 Å². The van der Waals surface area contributed by atoms with Gasteiger partial charge in [-0.15, -0.1) is 11.3 Å². The Hall–Kier alpha value is -3.39. The van der Waals surface area contributed by atoms with Crippen LogP contribution in [0.3, 0.4) is 0 Å². The van der Waals surface area contributed by atoms with E-state index in [4.69, 9.17) is 9.47 Å². The Kier molecular flexibility index (Phi) is 5.41. The summed E-state index contributed by atoms with van der Waals surface area (Å²) in [6.07, 6.45) is 0.128. The number of carbonyl (C=O) groups is 2. The molecular formula is C22H21N3O4S. The molecule has 0 bridgehead atoms. The van der Waals surface area contributed by atoms with Gasteiger partial charge in [0.15, 0.2) is 16.6 Å². The maximum absolute atomic E-state index is 12.5. The molecule has 3 aromatic rings. The van der Waals surface area contributed by atoms with Gasteiger partial charge in [-0.05, 0) is 50.1 Å². The van der Waals surface area contributed by atoms with Crippen LogP contribution in [0.4, 0.5) is 10.8 Å². The van der Waals surface area contributed by atoms with Crippen molar-refractivity contribution in [3.8, 4) is 11.5 Å². The first-order valence-electron chi connectivity index (χ1n) is 9.42. The van der Waals surface area contributed by atoms with Crippen LogP contribution in [0.25, 0.3) is 0 Å². The fourth-order valence-electron chi connectivity index (χ4n) is 3.38. The Labute approximate surface area is 178 Å². The Morgan fingerprint density at radius 3 is 2.53 bits per heavy atom. The smallest absolute Gasteiger partial charge is 0.257 e. The van der Waals surface area contributed by atoms with Crippen molar-refractivity contribution in [3.05, 3.63) is 63.7 Å². The number of aryl methyl sites for hydroxylation is 3. The average molecular weight is 423 g/mol. The van der Waals surface area contributed by atoms with Crippen molar-refractivity contribution in [2.24, 2.45) is 0 Å². The number of nitrogens with one attached hydrogen (secondary N) is 2. The lowest BCUT2D eigenvalue weighted by Crippen LogP contribution is -2.16. The number of nitrogens with zero attached hydrogens (tertiary/aromatic N) is 1. The van der Waals surface area contributed by atoms with Crippen LogP contribution in [0.15, 0.2) is 35.7 Å². The highest BCUT2D eigenvalue weighted by Crippen LogP contribution is 2.32. The molecule has 0 atom stereocenters. The predicted molar refractivity (Wildman–Crippen MR) is 116 cm³/mol. The van der Waals surface area contributed by atoms with Crippen molar-refractivity contribution in [2.75, 3.05) is 17.4 Å². The highest BCUT2D eigenvalue weighted by atomic mass is 32.1. The van der Waals surface area contributed by atoms with Gasteiger partial charge in [-0.25, -0.2) is 4.98 Å². The third-order valence-corrected chi connectivity index (χ3v) is 5.50. The number of ether oxygens (including phenoxy) is 2. The van der Waals surface area contributed by atoms with E-state index >= 15 is 0 Å². The topological polar surface area (TPSA) is 89.6 Å². The molecule has 2 heterocycles. The third kappa shape index (κ3) is 4.28. The minimum absolute atomic E-state index is 0.128. The van der Waals surface area contributed by atoms with Gasteiger partial charge in [-0.2, -0.15) is 0 Å². The molecule has 30 heavy (non-hydrogen) atoms. The molecule has 154 valence electrons. The third-order valence-electron chi connectivity index (χ3n) is 4.69. The predicted octanol–water partition coefficient (Wildman–Crippen LogP) is 4.23. The lowest BCUT2D eigenvalue weighted by Gasteiger charge is -2.12. The van der Waals surface area contributed by atoms with Gasteiger partial charge in [-0.1, -0.05) is 17.7 Å². The van der Waals surface area contributed by atoms with Crippen LogP contribution in [0.1, 0.15) is 32.7 Å². The maximum atomic E-state index is 12.5. The lowest BCUT2D eigenvalue weighted by molar-refractivity contribution is -0.115. The number of benzene rings is 2. The normalized spacial score (nSPS) is 12.0. The molecule has 0 radical (unpaired) electrons. The van der Waals surface area contributed by atoms with E-state index in [1.54, 1.807) is 23.6 Å². The van der Waals surface area contributed by atoms with Gasteiger partial charge in [0.05, 0.1) is 12.1 Å². The molecule has 1 aliphatic heterocycles. The monoisotopic (exact) mass is 423 g/mol. The summed E-state index contributed by atoms with van der Waals surface area (Å²) in [7, 11) is 0. The number of amides is 2. The number of aromatic nitrogens is 1. The van der Waals surface area contributed by atoms with Crippen molar-refractivity contribution >= 4 is 34.0 Å². The molecule has 1 aliphatic rings. The van der Waals surface area contributed by atoms with Crippen molar-refractivity contribution < 1.29 is 19.1 Å². The number of anilines is 2. The zero-order valence-corrected chi connectivity index (χ0v) is 17.7. The molecule has 2 N–H and O–H groups in total. The molecule has 0 saturated carbocycles. The average Bonchev–Trinajstić information content (AvgIpc) is 3.33. The summed E-state index contributed by atoms with van der Waals surface area (Å²) in [5, 5.41) is 7.93. The van der Waals surface area contributed by atoms with E-state index in [9.17, 15) is 9.59 Å². The van der Waals surface area contributed by atoms with E-state index in [0.29, 0.717) is 27.9 Å². The summed E-state index contributed by atoms with van der Waals surface area (Å²) < 4.78 is 10.6. The van der Waals surface area contributed by atoms with Gasteiger partial charge in [0.1, 0.15) is 0 Å². The Bertz CT molecular complexity index is 1120. The Balaban J connectivity index is 1.38. The minimum atomic E-state index is -0.301. The van der Waals surface area contributed by atoms with Gasteiger partial charge in [0.2, 0.25) is 12.7 Å². The quantitative estimate of drug-likeness (QED) is 0.641. The van der Waals surface area contributed by atoms with Gasteiger partial charge in [0, 0.05) is 16.6 Å². The van der Waals surface area contributed by atoms with Crippen molar-refractivity contribution in [1.29, 1.82) is 0 Å². The summed E-state index contributed by atoms with van der Waals surface area (Å²) in [6.45, 7) is 6.13. The molecular weight excluding hydrogens is 402 g/mol. The zero-order valence-electron chi connectivity index (χ0n) is 16.9.